The average Bonchev–Trinajstić information content (AvgIpc) is 2.17. The molecule has 0 saturated heterocycles. The fourth-order valence-electron chi connectivity index (χ4n) is 1.53. The number of ether oxygens (including phenoxy) is 2. The Balaban J connectivity index is 2.92. The second-order valence-corrected chi connectivity index (χ2v) is 4.12. The van der Waals surface area contributed by atoms with Crippen molar-refractivity contribution in [2.75, 3.05) is 7.11 Å². The summed E-state index contributed by atoms with van der Waals surface area (Å²) >= 11 is 0. The molecular weight excluding hydrogens is 233 g/mol. The molecule has 1 aromatic rings. The van der Waals surface area contributed by atoms with Gasteiger partial charge in [0.25, 0.3) is 0 Å². The fourth-order valence-corrected chi connectivity index (χ4v) is 1.53. The van der Waals surface area contributed by atoms with Crippen LogP contribution in [-0.4, -0.2) is 13.5 Å². The standard InChI is InChI=1S/C12H15F3O2/c1-8(2)6-9-4-5-10(7-11(9)16-3)17-12(13,14)15/h4-5,7-8H,6H2,1-3H3. The van der Waals surface area contributed by atoms with Gasteiger partial charge in [-0.1, -0.05) is 19.9 Å². The van der Waals surface area contributed by atoms with Crippen LogP contribution in [0.1, 0.15) is 19.4 Å². The third kappa shape index (κ3) is 4.54. The zero-order valence-corrected chi connectivity index (χ0v) is 9.97. The van der Waals surface area contributed by atoms with Gasteiger partial charge >= 0.3 is 6.36 Å². The Morgan fingerprint density at radius 1 is 1.24 bits per heavy atom. The predicted molar refractivity (Wildman–Crippen MR) is 58.2 cm³/mol. The highest BCUT2D eigenvalue weighted by Crippen LogP contribution is 2.30. The predicted octanol–water partition coefficient (Wildman–Crippen LogP) is 3.79. The van der Waals surface area contributed by atoms with Gasteiger partial charge in [0.15, 0.2) is 0 Å². The average molecular weight is 248 g/mol. The first kappa shape index (κ1) is 13.7. The highest BCUT2D eigenvalue weighted by Gasteiger charge is 2.31. The Hall–Kier alpha value is -1.39. The van der Waals surface area contributed by atoms with E-state index in [0.29, 0.717) is 11.7 Å². The smallest absolute Gasteiger partial charge is 0.496 e. The van der Waals surface area contributed by atoms with E-state index in [0.717, 1.165) is 12.0 Å². The molecule has 0 saturated carbocycles. The molecule has 5 heteroatoms. The van der Waals surface area contributed by atoms with Gasteiger partial charge in [-0.3, -0.25) is 0 Å². The van der Waals surface area contributed by atoms with Crippen molar-refractivity contribution in [2.45, 2.75) is 26.6 Å². The zero-order valence-electron chi connectivity index (χ0n) is 9.97. The van der Waals surface area contributed by atoms with Gasteiger partial charge in [-0.05, 0) is 24.0 Å². The Morgan fingerprint density at radius 2 is 1.88 bits per heavy atom. The van der Waals surface area contributed by atoms with Crippen molar-refractivity contribution in [3.63, 3.8) is 0 Å². The van der Waals surface area contributed by atoms with Crippen molar-refractivity contribution >= 4 is 0 Å². The number of benzene rings is 1. The Kier molecular flexibility index (Phi) is 4.26. The summed E-state index contributed by atoms with van der Waals surface area (Å²) in [5.41, 5.74) is 0.872. The topological polar surface area (TPSA) is 18.5 Å². The van der Waals surface area contributed by atoms with Gasteiger partial charge in [-0.2, -0.15) is 0 Å². The Morgan fingerprint density at radius 3 is 2.35 bits per heavy atom. The molecule has 0 N–H and O–H groups in total. The second kappa shape index (κ2) is 5.29. The minimum atomic E-state index is -4.68. The summed E-state index contributed by atoms with van der Waals surface area (Å²) in [5.74, 6) is 0.556. The minimum Gasteiger partial charge on any atom is -0.496 e. The van der Waals surface area contributed by atoms with Crippen LogP contribution in [0.25, 0.3) is 0 Å². The lowest BCUT2D eigenvalue weighted by Crippen LogP contribution is -2.17. The summed E-state index contributed by atoms with van der Waals surface area (Å²) in [6.07, 6.45) is -3.93. The normalized spacial score (nSPS) is 11.7. The monoisotopic (exact) mass is 248 g/mol. The van der Waals surface area contributed by atoms with Gasteiger partial charge < -0.3 is 9.47 Å². The number of hydrogen-bond acceptors (Lipinski definition) is 2. The molecular formula is C12H15F3O2. The third-order valence-corrected chi connectivity index (χ3v) is 2.12. The lowest BCUT2D eigenvalue weighted by Gasteiger charge is -2.14. The molecule has 0 unspecified atom stereocenters. The van der Waals surface area contributed by atoms with E-state index in [2.05, 4.69) is 4.74 Å². The fraction of sp³-hybridized carbons (Fsp3) is 0.500. The van der Waals surface area contributed by atoms with Crippen molar-refractivity contribution in [1.29, 1.82) is 0 Å². The Labute approximate surface area is 98.3 Å². The molecule has 2 nitrogen and oxygen atoms in total. The van der Waals surface area contributed by atoms with Crippen LogP contribution in [0.2, 0.25) is 0 Å². The van der Waals surface area contributed by atoms with Crippen LogP contribution in [0.5, 0.6) is 11.5 Å². The van der Waals surface area contributed by atoms with E-state index >= 15 is 0 Å². The number of alkyl halides is 3. The van der Waals surface area contributed by atoms with Gasteiger partial charge in [0.05, 0.1) is 7.11 Å². The molecule has 0 aliphatic rings. The van der Waals surface area contributed by atoms with Crippen molar-refractivity contribution in [1.82, 2.24) is 0 Å². The third-order valence-electron chi connectivity index (χ3n) is 2.12. The Bertz CT molecular complexity index is 373. The molecule has 0 aromatic heterocycles. The van der Waals surface area contributed by atoms with E-state index in [-0.39, 0.29) is 5.75 Å². The van der Waals surface area contributed by atoms with E-state index in [4.69, 9.17) is 4.74 Å². The molecule has 0 radical (unpaired) electrons. The first-order valence-corrected chi connectivity index (χ1v) is 5.24. The number of methoxy groups -OCH3 is 1. The molecule has 0 aliphatic heterocycles. The van der Waals surface area contributed by atoms with Crippen LogP contribution in [0.4, 0.5) is 13.2 Å². The highest BCUT2D eigenvalue weighted by atomic mass is 19.4. The number of hydrogen-bond donors (Lipinski definition) is 0. The lowest BCUT2D eigenvalue weighted by molar-refractivity contribution is -0.274. The van der Waals surface area contributed by atoms with Crippen LogP contribution in [-0.2, 0) is 6.42 Å². The quantitative estimate of drug-likeness (QED) is 0.807. The molecule has 0 bridgehead atoms. The SMILES string of the molecule is COc1cc(OC(F)(F)F)ccc1CC(C)C. The molecule has 0 spiro atoms. The summed E-state index contributed by atoms with van der Waals surface area (Å²) in [7, 11) is 1.43. The van der Waals surface area contributed by atoms with Gasteiger partial charge in [-0.15, -0.1) is 13.2 Å². The molecule has 0 heterocycles. The zero-order chi connectivity index (χ0) is 13.1. The molecule has 0 aliphatic carbocycles. The summed E-state index contributed by atoms with van der Waals surface area (Å²) in [6, 6.07) is 4.15. The highest BCUT2D eigenvalue weighted by molar-refractivity contribution is 5.41. The number of rotatable bonds is 4. The second-order valence-electron chi connectivity index (χ2n) is 4.12. The van der Waals surface area contributed by atoms with Gasteiger partial charge in [-0.25, -0.2) is 0 Å². The summed E-state index contributed by atoms with van der Waals surface area (Å²) in [6.45, 7) is 4.05. The van der Waals surface area contributed by atoms with Gasteiger partial charge in [0, 0.05) is 6.07 Å². The molecule has 0 amide bonds. The maximum atomic E-state index is 12.0. The van der Waals surface area contributed by atoms with Crippen molar-refractivity contribution < 1.29 is 22.6 Å². The minimum absolute atomic E-state index is 0.262. The van der Waals surface area contributed by atoms with Crippen molar-refractivity contribution in [3.8, 4) is 11.5 Å². The van der Waals surface area contributed by atoms with Crippen LogP contribution in [0.15, 0.2) is 18.2 Å². The molecule has 1 rings (SSSR count). The van der Waals surface area contributed by atoms with Crippen molar-refractivity contribution in [2.24, 2.45) is 5.92 Å². The van der Waals surface area contributed by atoms with E-state index in [9.17, 15) is 13.2 Å². The lowest BCUT2D eigenvalue weighted by atomic mass is 10.0. The number of halogens is 3. The molecule has 0 fully saturated rings. The van der Waals surface area contributed by atoms with Gasteiger partial charge in [0.2, 0.25) is 0 Å². The molecule has 17 heavy (non-hydrogen) atoms. The first-order chi connectivity index (χ1) is 7.81. The molecule has 0 atom stereocenters. The maximum Gasteiger partial charge on any atom is 0.573 e. The van der Waals surface area contributed by atoms with Crippen LogP contribution < -0.4 is 9.47 Å². The van der Waals surface area contributed by atoms with Gasteiger partial charge in [0.1, 0.15) is 11.5 Å². The maximum absolute atomic E-state index is 12.0. The van der Waals surface area contributed by atoms with E-state index in [1.54, 1.807) is 6.07 Å². The van der Waals surface area contributed by atoms with E-state index < -0.39 is 6.36 Å². The van der Waals surface area contributed by atoms with Crippen LogP contribution >= 0.6 is 0 Å². The van der Waals surface area contributed by atoms with E-state index in [1.807, 2.05) is 13.8 Å². The summed E-state index contributed by atoms with van der Waals surface area (Å²) in [4.78, 5) is 0. The largest absolute Gasteiger partial charge is 0.573 e. The summed E-state index contributed by atoms with van der Waals surface area (Å²) in [5, 5.41) is 0. The van der Waals surface area contributed by atoms with Crippen molar-refractivity contribution in [3.05, 3.63) is 23.8 Å². The summed E-state index contributed by atoms with van der Waals surface area (Å²) < 4.78 is 45.0. The van der Waals surface area contributed by atoms with Crippen LogP contribution in [0.3, 0.4) is 0 Å². The van der Waals surface area contributed by atoms with E-state index in [1.165, 1.54) is 19.2 Å². The molecule has 1 aromatic carbocycles. The van der Waals surface area contributed by atoms with Crippen LogP contribution in [0, 0.1) is 5.92 Å². The first-order valence-electron chi connectivity index (χ1n) is 5.24. The molecule has 96 valence electrons.